The Morgan fingerprint density at radius 1 is 1.38 bits per heavy atom. The van der Waals surface area contributed by atoms with Gasteiger partial charge in [-0.2, -0.15) is 0 Å². The van der Waals surface area contributed by atoms with Crippen LogP contribution >= 0.6 is 0 Å². The molecule has 0 aliphatic rings. The van der Waals surface area contributed by atoms with E-state index in [0.29, 0.717) is 23.8 Å². The Balaban J connectivity index is 2.07. The van der Waals surface area contributed by atoms with E-state index in [0.717, 1.165) is 11.3 Å². The van der Waals surface area contributed by atoms with Gasteiger partial charge in [0, 0.05) is 18.9 Å². The molecule has 3 rings (SSSR count). The molecule has 1 atom stereocenters. The highest BCUT2D eigenvalue weighted by atomic mass is 32.2. The van der Waals surface area contributed by atoms with Gasteiger partial charge in [0.15, 0.2) is 0 Å². The molecule has 0 radical (unpaired) electrons. The van der Waals surface area contributed by atoms with Gasteiger partial charge < -0.3 is 4.57 Å². The molecule has 8 heteroatoms. The lowest BCUT2D eigenvalue weighted by atomic mass is 10.3. The average molecular weight is 307 g/mol. The van der Waals surface area contributed by atoms with Gasteiger partial charge in [0.2, 0.25) is 5.16 Å². The first-order chi connectivity index (χ1) is 10.1. The average Bonchev–Trinajstić information content (AvgIpc) is 3.02. The number of nitrogens with zero attached hydrogens (tertiary/aromatic N) is 5. The molecular formula is C13H14FN5OS. The fourth-order valence-electron chi connectivity index (χ4n) is 2.35. The summed E-state index contributed by atoms with van der Waals surface area (Å²) in [7, 11) is -1.22. The molecule has 110 valence electrons. The zero-order valence-corrected chi connectivity index (χ0v) is 12.5. The third-order valence-electron chi connectivity index (χ3n) is 3.25. The van der Waals surface area contributed by atoms with E-state index >= 15 is 0 Å². The summed E-state index contributed by atoms with van der Waals surface area (Å²) >= 11 is 0. The van der Waals surface area contributed by atoms with Gasteiger partial charge in [-0.15, -0.1) is 10.2 Å². The summed E-state index contributed by atoms with van der Waals surface area (Å²) in [5.74, 6) is 0.444. The molecule has 0 amide bonds. The van der Waals surface area contributed by atoms with Crippen molar-refractivity contribution in [1.82, 2.24) is 24.3 Å². The van der Waals surface area contributed by atoms with E-state index in [-0.39, 0.29) is 5.82 Å². The lowest BCUT2D eigenvalue weighted by Gasteiger charge is -2.07. The van der Waals surface area contributed by atoms with Gasteiger partial charge in [-0.05, 0) is 19.1 Å². The van der Waals surface area contributed by atoms with E-state index in [1.54, 1.807) is 16.9 Å². The molecule has 1 unspecified atom stereocenters. The van der Waals surface area contributed by atoms with Crippen LogP contribution in [0.25, 0.3) is 11.0 Å². The second-order valence-corrected chi connectivity index (χ2v) is 5.87. The van der Waals surface area contributed by atoms with Crippen molar-refractivity contribution < 1.29 is 8.60 Å². The van der Waals surface area contributed by atoms with Crippen LogP contribution in [-0.2, 0) is 23.9 Å². The summed E-state index contributed by atoms with van der Waals surface area (Å²) in [4.78, 5) is 4.47. The topological polar surface area (TPSA) is 65.6 Å². The normalized spacial score (nSPS) is 12.9. The fraction of sp³-hybridized carbons (Fsp3) is 0.308. The standard InChI is InChI=1S/C13H14FN5OS/c1-3-19-11-5-4-9(14)6-10(11)16-12(19)7-18-8-15-17-13(18)21(2)20/h4-6,8H,3,7H2,1-2H3. The molecular weight excluding hydrogens is 293 g/mol. The summed E-state index contributed by atoms with van der Waals surface area (Å²) in [6, 6.07) is 4.55. The van der Waals surface area contributed by atoms with Crippen LogP contribution in [0.5, 0.6) is 0 Å². The number of rotatable bonds is 4. The Labute approximate surface area is 123 Å². The number of hydrogen-bond acceptors (Lipinski definition) is 4. The van der Waals surface area contributed by atoms with E-state index in [4.69, 9.17) is 0 Å². The highest BCUT2D eigenvalue weighted by Crippen LogP contribution is 2.18. The summed E-state index contributed by atoms with van der Waals surface area (Å²) in [5.41, 5.74) is 1.49. The van der Waals surface area contributed by atoms with Crippen molar-refractivity contribution in [2.24, 2.45) is 0 Å². The molecule has 0 N–H and O–H groups in total. The van der Waals surface area contributed by atoms with Crippen molar-refractivity contribution >= 4 is 21.8 Å². The van der Waals surface area contributed by atoms with Gasteiger partial charge in [-0.3, -0.25) is 8.78 Å². The Morgan fingerprint density at radius 2 is 2.19 bits per heavy atom. The van der Waals surface area contributed by atoms with Crippen molar-refractivity contribution in [3.63, 3.8) is 0 Å². The number of fused-ring (bicyclic) bond motifs is 1. The number of halogens is 1. The number of imidazole rings is 1. The zero-order valence-electron chi connectivity index (χ0n) is 11.7. The number of hydrogen-bond donors (Lipinski definition) is 0. The highest BCUT2D eigenvalue weighted by molar-refractivity contribution is 7.84. The SMILES string of the molecule is CCn1c(Cn2cnnc2S(C)=O)nc2cc(F)ccc21. The second kappa shape index (κ2) is 5.36. The quantitative estimate of drug-likeness (QED) is 0.734. The smallest absolute Gasteiger partial charge is 0.221 e. The van der Waals surface area contributed by atoms with Crippen LogP contribution in [0.2, 0.25) is 0 Å². The van der Waals surface area contributed by atoms with Crippen molar-refractivity contribution in [1.29, 1.82) is 0 Å². The first-order valence-corrected chi connectivity index (χ1v) is 8.02. The van der Waals surface area contributed by atoms with Crippen LogP contribution in [0.4, 0.5) is 4.39 Å². The molecule has 2 heterocycles. The second-order valence-electron chi connectivity index (χ2n) is 4.60. The van der Waals surface area contributed by atoms with Crippen LogP contribution in [0.15, 0.2) is 29.7 Å². The minimum Gasteiger partial charge on any atom is -0.327 e. The van der Waals surface area contributed by atoms with Crippen molar-refractivity contribution in [2.75, 3.05) is 6.26 Å². The van der Waals surface area contributed by atoms with Crippen LogP contribution in [-0.4, -0.2) is 34.8 Å². The van der Waals surface area contributed by atoms with E-state index < -0.39 is 10.8 Å². The predicted octanol–water partition coefficient (Wildman–Crippen LogP) is 1.57. The molecule has 0 fully saturated rings. The third kappa shape index (κ3) is 2.46. The molecule has 0 aliphatic carbocycles. The number of aromatic nitrogens is 5. The summed E-state index contributed by atoms with van der Waals surface area (Å²) in [6.07, 6.45) is 3.08. The first kappa shape index (κ1) is 13.9. The Hall–Kier alpha value is -2.09. The van der Waals surface area contributed by atoms with Crippen molar-refractivity contribution in [3.05, 3.63) is 36.2 Å². The lowest BCUT2D eigenvalue weighted by molar-refractivity contribution is 0.614. The molecule has 1 aromatic carbocycles. The zero-order chi connectivity index (χ0) is 15.0. The number of benzene rings is 1. The van der Waals surface area contributed by atoms with Crippen molar-refractivity contribution in [3.8, 4) is 0 Å². The van der Waals surface area contributed by atoms with Crippen LogP contribution < -0.4 is 0 Å². The van der Waals surface area contributed by atoms with Gasteiger partial charge >= 0.3 is 0 Å². The minimum atomic E-state index is -1.22. The molecule has 0 saturated heterocycles. The summed E-state index contributed by atoms with van der Waals surface area (Å²) in [5, 5.41) is 8.04. The van der Waals surface area contributed by atoms with Gasteiger partial charge in [-0.25, -0.2) is 9.37 Å². The third-order valence-corrected chi connectivity index (χ3v) is 4.08. The van der Waals surface area contributed by atoms with E-state index in [1.807, 2.05) is 11.5 Å². The Morgan fingerprint density at radius 3 is 2.90 bits per heavy atom. The Kier molecular flexibility index (Phi) is 3.54. The molecule has 0 aliphatic heterocycles. The van der Waals surface area contributed by atoms with Crippen LogP contribution in [0.1, 0.15) is 12.7 Å². The Bertz CT molecular complexity index is 825. The van der Waals surface area contributed by atoms with Crippen LogP contribution in [0.3, 0.4) is 0 Å². The van der Waals surface area contributed by atoms with Gasteiger partial charge in [-0.1, -0.05) is 0 Å². The molecule has 0 saturated carbocycles. The molecule has 0 spiro atoms. The molecule has 6 nitrogen and oxygen atoms in total. The van der Waals surface area contributed by atoms with E-state index in [2.05, 4.69) is 15.2 Å². The van der Waals surface area contributed by atoms with Crippen LogP contribution in [0, 0.1) is 5.82 Å². The van der Waals surface area contributed by atoms with E-state index in [1.165, 1.54) is 18.5 Å². The first-order valence-electron chi connectivity index (χ1n) is 6.46. The highest BCUT2D eigenvalue weighted by Gasteiger charge is 2.14. The monoisotopic (exact) mass is 307 g/mol. The molecule has 0 bridgehead atoms. The van der Waals surface area contributed by atoms with Crippen molar-refractivity contribution in [2.45, 2.75) is 25.2 Å². The maximum absolute atomic E-state index is 13.3. The largest absolute Gasteiger partial charge is 0.327 e. The van der Waals surface area contributed by atoms with E-state index in [9.17, 15) is 8.60 Å². The maximum Gasteiger partial charge on any atom is 0.221 e. The number of aryl methyl sites for hydroxylation is 1. The lowest BCUT2D eigenvalue weighted by Crippen LogP contribution is -2.10. The fourth-order valence-corrected chi connectivity index (χ4v) is 2.96. The molecule has 21 heavy (non-hydrogen) atoms. The summed E-state index contributed by atoms with van der Waals surface area (Å²) < 4.78 is 28.6. The van der Waals surface area contributed by atoms with Gasteiger partial charge in [0.1, 0.15) is 18.0 Å². The summed E-state index contributed by atoms with van der Waals surface area (Å²) in [6.45, 7) is 3.11. The maximum atomic E-state index is 13.3. The molecule has 3 aromatic rings. The molecule has 2 aromatic heterocycles. The predicted molar refractivity (Wildman–Crippen MR) is 76.8 cm³/mol. The minimum absolute atomic E-state index is 0.311. The van der Waals surface area contributed by atoms with Gasteiger partial charge in [0.05, 0.1) is 28.4 Å². The van der Waals surface area contributed by atoms with Gasteiger partial charge in [0.25, 0.3) is 0 Å².